The lowest BCUT2D eigenvalue weighted by atomic mass is 9.95. The van der Waals surface area contributed by atoms with Gasteiger partial charge < -0.3 is 4.90 Å². The number of fused-ring (bicyclic) bond motifs is 3. The molecule has 0 unspecified atom stereocenters. The minimum atomic E-state index is -3.76. The van der Waals surface area contributed by atoms with Crippen LogP contribution in [0, 0.1) is 5.92 Å². The molecule has 2 aliphatic rings. The molecule has 1 saturated heterocycles. The summed E-state index contributed by atoms with van der Waals surface area (Å²) in [6, 6.07) is 16.6. The smallest absolute Gasteiger partial charge is 0.277 e. The SMILES string of the molecule is O=C(C1CCN(S(=O)(=O)c2cccc3nsnc23)CC1)N1CCc2nc3cc(-c4ccccc4)[nH]n3c(=O)c2C1. The molecule has 3 aromatic heterocycles. The Bertz CT molecular complexity index is 1920. The fourth-order valence-corrected chi connectivity index (χ4v) is 7.89. The Morgan fingerprint density at radius 1 is 1.00 bits per heavy atom. The molecular formula is C27H25N7O4S2. The third-order valence-corrected chi connectivity index (χ3v) is 10.3. The third kappa shape index (κ3) is 4.12. The summed E-state index contributed by atoms with van der Waals surface area (Å²) in [5, 5.41) is 3.15. The molecule has 2 aliphatic heterocycles. The number of aromatic amines is 1. The second-order valence-electron chi connectivity index (χ2n) is 10.1. The zero-order valence-electron chi connectivity index (χ0n) is 21.4. The Hall–Kier alpha value is -3.94. The van der Waals surface area contributed by atoms with Crippen LogP contribution in [0.5, 0.6) is 0 Å². The molecule has 0 radical (unpaired) electrons. The van der Waals surface area contributed by atoms with Gasteiger partial charge in [0.15, 0.2) is 5.65 Å². The van der Waals surface area contributed by atoms with E-state index in [2.05, 4.69) is 13.8 Å². The number of hydrogen-bond acceptors (Lipinski definition) is 8. The lowest BCUT2D eigenvalue weighted by molar-refractivity contribution is -0.137. The van der Waals surface area contributed by atoms with Crippen molar-refractivity contribution < 1.29 is 13.2 Å². The van der Waals surface area contributed by atoms with Crippen LogP contribution in [-0.2, 0) is 27.8 Å². The molecule has 2 aromatic carbocycles. The molecule has 40 heavy (non-hydrogen) atoms. The number of sulfonamides is 1. The molecule has 1 N–H and O–H groups in total. The average Bonchev–Trinajstić information content (AvgIpc) is 3.65. The molecule has 7 rings (SSSR count). The van der Waals surface area contributed by atoms with E-state index in [1.165, 1.54) is 8.82 Å². The first kappa shape index (κ1) is 25.1. The van der Waals surface area contributed by atoms with Gasteiger partial charge in [0.2, 0.25) is 15.9 Å². The van der Waals surface area contributed by atoms with Gasteiger partial charge >= 0.3 is 0 Å². The summed E-state index contributed by atoms with van der Waals surface area (Å²) in [5.74, 6) is -0.353. The van der Waals surface area contributed by atoms with Crippen molar-refractivity contribution in [3.63, 3.8) is 0 Å². The van der Waals surface area contributed by atoms with Crippen LogP contribution in [-0.4, -0.2) is 66.5 Å². The highest BCUT2D eigenvalue weighted by molar-refractivity contribution is 7.89. The topological polar surface area (TPSA) is 134 Å². The van der Waals surface area contributed by atoms with Crippen molar-refractivity contribution in [1.82, 2.24) is 32.6 Å². The highest BCUT2D eigenvalue weighted by Crippen LogP contribution is 2.30. The van der Waals surface area contributed by atoms with Gasteiger partial charge in [-0.2, -0.15) is 13.1 Å². The van der Waals surface area contributed by atoms with E-state index in [1.807, 2.05) is 36.4 Å². The molecule has 5 heterocycles. The van der Waals surface area contributed by atoms with Gasteiger partial charge in [-0.15, -0.1) is 0 Å². The standard InChI is InChI=1S/C27H25N7O4S2/c35-26(18-9-13-33(14-10-18)40(37,38)23-8-4-7-21-25(23)31-39-30-21)32-12-11-20-19(16-32)27(36)34-24(28-20)15-22(29-34)17-5-2-1-3-6-17/h1-8,15,18,29H,9-14,16H2. The number of piperidine rings is 1. The molecule has 1 amide bonds. The summed E-state index contributed by atoms with van der Waals surface area (Å²) >= 11 is 0.983. The lowest BCUT2D eigenvalue weighted by Crippen LogP contribution is -2.46. The molecule has 13 heteroatoms. The fourth-order valence-electron chi connectivity index (χ4n) is 5.66. The first-order valence-corrected chi connectivity index (χ1v) is 15.3. The van der Waals surface area contributed by atoms with Gasteiger partial charge in [0.05, 0.1) is 35.2 Å². The molecule has 0 atom stereocenters. The van der Waals surface area contributed by atoms with Crippen molar-refractivity contribution in [2.45, 2.75) is 30.7 Å². The van der Waals surface area contributed by atoms with Crippen molar-refractivity contribution in [3.8, 4) is 11.3 Å². The summed E-state index contributed by atoms with van der Waals surface area (Å²) in [4.78, 5) is 33.5. The molecule has 0 bridgehead atoms. The van der Waals surface area contributed by atoms with Crippen molar-refractivity contribution in [2.24, 2.45) is 5.92 Å². The summed E-state index contributed by atoms with van der Waals surface area (Å²) in [6.07, 6.45) is 1.33. The summed E-state index contributed by atoms with van der Waals surface area (Å²) in [5.41, 5.74) is 4.28. The van der Waals surface area contributed by atoms with E-state index in [0.29, 0.717) is 48.1 Å². The van der Waals surface area contributed by atoms with Gasteiger partial charge in [-0.1, -0.05) is 36.4 Å². The molecule has 11 nitrogen and oxygen atoms in total. The number of hydrogen-bond donors (Lipinski definition) is 1. The number of aromatic nitrogens is 5. The van der Waals surface area contributed by atoms with Gasteiger partial charge in [-0.25, -0.2) is 17.9 Å². The number of nitrogens with one attached hydrogen (secondary N) is 1. The highest BCUT2D eigenvalue weighted by atomic mass is 32.2. The maximum atomic E-state index is 13.5. The van der Waals surface area contributed by atoms with Crippen LogP contribution in [0.3, 0.4) is 0 Å². The minimum absolute atomic E-state index is 0.0468. The lowest BCUT2D eigenvalue weighted by Gasteiger charge is -2.35. The maximum Gasteiger partial charge on any atom is 0.277 e. The molecular weight excluding hydrogens is 550 g/mol. The molecule has 204 valence electrons. The van der Waals surface area contributed by atoms with E-state index < -0.39 is 10.0 Å². The van der Waals surface area contributed by atoms with E-state index in [1.54, 1.807) is 23.1 Å². The Kier molecular flexibility index (Phi) is 6.02. The van der Waals surface area contributed by atoms with E-state index in [9.17, 15) is 18.0 Å². The van der Waals surface area contributed by atoms with E-state index in [0.717, 1.165) is 28.7 Å². The second kappa shape index (κ2) is 9.61. The van der Waals surface area contributed by atoms with Gasteiger partial charge in [0.1, 0.15) is 15.9 Å². The monoisotopic (exact) mass is 575 g/mol. The van der Waals surface area contributed by atoms with E-state index in [-0.39, 0.29) is 41.9 Å². The van der Waals surface area contributed by atoms with Crippen LogP contribution in [0.4, 0.5) is 0 Å². The van der Waals surface area contributed by atoms with E-state index >= 15 is 0 Å². The van der Waals surface area contributed by atoms with Crippen LogP contribution in [0.2, 0.25) is 0 Å². The summed E-state index contributed by atoms with van der Waals surface area (Å²) < 4.78 is 37.9. The Morgan fingerprint density at radius 2 is 1.80 bits per heavy atom. The summed E-state index contributed by atoms with van der Waals surface area (Å²) in [6.45, 7) is 1.15. The normalized spacial score (nSPS) is 16.9. The quantitative estimate of drug-likeness (QED) is 0.348. The zero-order chi connectivity index (χ0) is 27.4. The predicted octanol–water partition coefficient (Wildman–Crippen LogP) is 2.68. The Balaban J connectivity index is 1.07. The van der Waals surface area contributed by atoms with Crippen LogP contribution >= 0.6 is 11.7 Å². The molecule has 0 aliphatic carbocycles. The van der Waals surface area contributed by atoms with Gasteiger partial charge in [0, 0.05) is 38.0 Å². The average molecular weight is 576 g/mol. The van der Waals surface area contributed by atoms with Crippen LogP contribution in [0.25, 0.3) is 27.9 Å². The van der Waals surface area contributed by atoms with Crippen LogP contribution in [0.15, 0.2) is 64.3 Å². The molecule has 1 fully saturated rings. The first-order valence-electron chi connectivity index (χ1n) is 13.1. The van der Waals surface area contributed by atoms with Gasteiger partial charge in [0.25, 0.3) is 5.56 Å². The van der Waals surface area contributed by atoms with Crippen LogP contribution < -0.4 is 5.56 Å². The van der Waals surface area contributed by atoms with Crippen molar-refractivity contribution >= 4 is 44.3 Å². The summed E-state index contributed by atoms with van der Waals surface area (Å²) in [7, 11) is -3.76. The van der Waals surface area contributed by atoms with Crippen molar-refractivity contribution in [2.75, 3.05) is 19.6 Å². The van der Waals surface area contributed by atoms with E-state index in [4.69, 9.17) is 4.98 Å². The van der Waals surface area contributed by atoms with Crippen LogP contribution in [0.1, 0.15) is 24.1 Å². The predicted molar refractivity (Wildman–Crippen MR) is 149 cm³/mol. The molecule has 5 aromatic rings. The fraction of sp³-hybridized carbons (Fsp3) is 0.296. The number of H-pyrrole nitrogens is 1. The zero-order valence-corrected chi connectivity index (χ0v) is 23.0. The Morgan fingerprint density at radius 3 is 2.60 bits per heavy atom. The van der Waals surface area contributed by atoms with Crippen molar-refractivity contribution in [3.05, 3.63) is 76.2 Å². The maximum absolute atomic E-state index is 13.5. The highest BCUT2D eigenvalue weighted by Gasteiger charge is 2.36. The largest absolute Gasteiger partial charge is 0.337 e. The first-order chi connectivity index (χ1) is 19.4. The van der Waals surface area contributed by atoms with Gasteiger partial charge in [-0.3, -0.25) is 14.7 Å². The minimum Gasteiger partial charge on any atom is -0.337 e. The Labute approximate surface area is 233 Å². The number of benzene rings is 2. The molecule has 0 saturated carbocycles. The number of amides is 1. The number of carbonyl (C=O) groups is 1. The second-order valence-corrected chi connectivity index (χ2v) is 12.6. The van der Waals surface area contributed by atoms with Crippen molar-refractivity contribution in [1.29, 1.82) is 0 Å². The number of carbonyl (C=O) groups excluding carboxylic acids is 1. The third-order valence-electron chi connectivity index (χ3n) is 7.83. The number of nitrogens with zero attached hydrogens (tertiary/aromatic N) is 6. The molecule has 0 spiro atoms. The van der Waals surface area contributed by atoms with Gasteiger partial charge in [-0.05, 0) is 30.5 Å². The number of rotatable bonds is 4.